The Bertz CT molecular complexity index is 963. The van der Waals surface area contributed by atoms with E-state index in [9.17, 15) is 0 Å². The number of hydrogen-bond acceptors (Lipinski definition) is 4. The van der Waals surface area contributed by atoms with Gasteiger partial charge in [0.25, 0.3) is 0 Å². The molecule has 2 N–H and O–H groups in total. The van der Waals surface area contributed by atoms with Crippen LogP contribution >= 0.6 is 0 Å². The van der Waals surface area contributed by atoms with E-state index in [1.807, 2.05) is 25.4 Å². The third kappa shape index (κ3) is 2.56. The van der Waals surface area contributed by atoms with Gasteiger partial charge in [-0.1, -0.05) is 18.2 Å². The quantitative estimate of drug-likeness (QED) is 0.734. The Morgan fingerprint density at radius 1 is 1.08 bits per heavy atom. The number of anilines is 1. The molecule has 1 aliphatic rings. The molecule has 4 nitrogen and oxygen atoms in total. The van der Waals surface area contributed by atoms with E-state index in [2.05, 4.69) is 47.1 Å². The molecule has 0 amide bonds. The Morgan fingerprint density at radius 2 is 1.88 bits per heavy atom. The topological polar surface area (TPSA) is 51.4 Å². The number of pyridine rings is 1. The van der Waals surface area contributed by atoms with Crippen LogP contribution in [0, 0.1) is 6.92 Å². The zero-order valence-corrected chi connectivity index (χ0v) is 13.8. The van der Waals surface area contributed by atoms with Crippen LogP contribution in [0.5, 0.6) is 5.75 Å². The summed E-state index contributed by atoms with van der Waals surface area (Å²) in [5, 5.41) is 1.13. The maximum absolute atomic E-state index is 5.90. The lowest BCUT2D eigenvalue weighted by Crippen LogP contribution is -2.08. The lowest BCUT2D eigenvalue weighted by molar-refractivity contribution is 0.449. The number of rotatable bonds is 1. The van der Waals surface area contributed by atoms with Crippen LogP contribution in [0.3, 0.4) is 0 Å². The van der Waals surface area contributed by atoms with Crippen LogP contribution in [-0.4, -0.2) is 16.9 Å². The normalized spacial score (nSPS) is 13.5. The van der Waals surface area contributed by atoms with Gasteiger partial charge in [0.2, 0.25) is 0 Å². The van der Waals surface area contributed by atoms with Crippen molar-refractivity contribution in [1.82, 2.24) is 9.88 Å². The molecule has 1 aromatic heterocycles. The summed E-state index contributed by atoms with van der Waals surface area (Å²) in [6.07, 6.45) is 3.65. The molecule has 24 heavy (non-hydrogen) atoms. The van der Waals surface area contributed by atoms with Crippen LogP contribution in [0.1, 0.15) is 11.1 Å². The molecule has 2 aromatic carbocycles. The van der Waals surface area contributed by atoms with Crippen LogP contribution in [0.2, 0.25) is 0 Å². The molecule has 3 aromatic rings. The standard InChI is InChI=1S/C20H19N3O/c1-13-9-20(21)22-18-11-15(3-5-17(13)18)14-4-6-19-16(10-14)12-23(2)7-8-24-19/h3-11H,12H2,1-2H3,(H2,21,22). The smallest absolute Gasteiger partial charge is 0.131 e. The van der Waals surface area contributed by atoms with Gasteiger partial charge in [-0.3, -0.25) is 0 Å². The SMILES string of the molecule is Cc1cc(N)nc2cc(-c3ccc4c(c3)CN(C)C=CO4)ccc12. The molecule has 2 heterocycles. The van der Waals surface area contributed by atoms with Gasteiger partial charge in [0.1, 0.15) is 17.8 Å². The maximum atomic E-state index is 5.90. The molecular formula is C20H19N3O. The van der Waals surface area contributed by atoms with E-state index in [0.717, 1.165) is 45.5 Å². The third-order valence-corrected chi connectivity index (χ3v) is 4.36. The Kier molecular flexibility index (Phi) is 3.38. The number of benzene rings is 2. The van der Waals surface area contributed by atoms with E-state index < -0.39 is 0 Å². The zero-order chi connectivity index (χ0) is 16.7. The van der Waals surface area contributed by atoms with Crippen LogP contribution in [0.15, 0.2) is 54.9 Å². The molecule has 120 valence electrons. The highest BCUT2D eigenvalue weighted by Gasteiger charge is 2.11. The van der Waals surface area contributed by atoms with Crippen molar-refractivity contribution in [2.45, 2.75) is 13.5 Å². The number of hydrogen-bond donors (Lipinski definition) is 1. The molecule has 0 atom stereocenters. The van der Waals surface area contributed by atoms with Crippen molar-refractivity contribution in [2.75, 3.05) is 12.8 Å². The summed E-state index contributed by atoms with van der Waals surface area (Å²) in [5.74, 6) is 1.46. The molecule has 4 rings (SSSR count). The molecule has 0 saturated heterocycles. The van der Waals surface area contributed by atoms with Crippen molar-refractivity contribution in [3.8, 4) is 16.9 Å². The summed E-state index contributed by atoms with van der Waals surface area (Å²) >= 11 is 0. The summed E-state index contributed by atoms with van der Waals surface area (Å²) in [6, 6.07) is 14.5. The first-order valence-electron chi connectivity index (χ1n) is 7.94. The molecular weight excluding hydrogens is 298 g/mol. The average Bonchev–Trinajstić information content (AvgIpc) is 2.73. The van der Waals surface area contributed by atoms with E-state index in [1.165, 1.54) is 0 Å². The molecule has 4 heteroatoms. The van der Waals surface area contributed by atoms with Gasteiger partial charge >= 0.3 is 0 Å². The van der Waals surface area contributed by atoms with Crippen molar-refractivity contribution in [2.24, 2.45) is 0 Å². The van der Waals surface area contributed by atoms with E-state index in [0.29, 0.717) is 5.82 Å². The van der Waals surface area contributed by atoms with Gasteiger partial charge in [0.05, 0.1) is 5.52 Å². The van der Waals surface area contributed by atoms with Gasteiger partial charge in [-0.05, 0) is 47.9 Å². The summed E-state index contributed by atoms with van der Waals surface area (Å²) in [7, 11) is 2.03. The first-order valence-corrected chi connectivity index (χ1v) is 7.94. The molecule has 0 radical (unpaired) electrons. The van der Waals surface area contributed by atoms with Crippen molar-refractivity contribution >= 4 is 16.7 Å². The molecule has 0 aliphatic carbocycles. The Balaban J connectivity index is 1.80. The summed E-state index contributed by atoms with van der Waals surface area (Å²) < 4.78 is 5.66. The van der Waals surface area contributed by atoms with Crippen LogP contribution in [0.25, 0.3) is 22.0 Å². The average molecular weight is 317 g/mol. The molecule has 1 aliphatic heterocycles. The van der Waals surface area contributed by atoms with Gasteiger partial charge in [0.15, 0.2) is 0 Å². The molecule has 0 fully saturated rings. The minimum atomic E-state index is 0.556. The molecule has 0 spiro atoms. The molecule has 0 saturated carbocycles. The zero-order valence-electron chi connectivity index (χ0n) is 13.8. The number of fused-ring (bicyclic) bond motifs is 2. The number of nitrogen functional groups attached to an aromatic ring is 1. The first-order chi connectivity index (χ1) is 11.6. The fraction of sp³-hybridized carbons (Fsp3) is 0.150. The number of ether oxygens (including phenoxy) is 1. The highest BCUT2D eigenvalue weighted by molar-refractivity contribution is 5.88. The van der Waals surface area contributed by atoms with E-state index >= 15 is 0 Å². The lowest BCUT2D eigenvalue weighted by atomic mass is 9.99. The number of aryl methyl sites for hydroxylation is 1. The maximum Gasteiger partial charge on any atom is 0.131 e. The van der Waals surface area contributed by atoms with Crippen LogP contribution in [0.4, 0.5) is 5.82 Å². The number of aromatic nitrogens is 1. The van der Waals surface area contributed by atoms with E-state index in [4.69, 9.17) is 10.5 Å². The van der Waals surface area contributed by atoms with Crippen LogP contribution in [-0.2, 0) is 6.54 Å². The Labute approximate surface area is 141 Å². The van der Waals surface area contributed by atoms with Gasteiger partial charge < -0.3 is 15.4 Å². The lowest BCUT2D eigenvalue weighted by Gasteiger charge is -2.14. The third-order valence-electron chi connectivity index (χ3n) is 4.36. The fourth-order valence-electron chi connectivity index (χ4n) is 3.13. The Morgan fingerprint density at radius 3 is 2.75 bits per heavy atom. The summed E-state index contributed by atoms with van der Waals surface area (Å²) in [6.45, 7) is 2.88. The van der Waals surface area contributed by atoms with Crippen molar-refractivity contribution in [3.05, 3.63) is 66.1 Å². The van der Waals surface area contributed by atoms with Crippen molar-refractivity contribution in [3.63, 3.8) is 0 Å². The second-order valence-corrected chi connectivity index (χ2v) is 6.24. The van der Waals surface area contributed by atoms with Crippen molar-refractivity contribution in [1.29, 1.82) is 0 Å². The summed E-state index contributed by atoms with van der Waals surface area (Å²) in [4.78, 5) is 6.57. The van der Waals surface area contributed by atoms with Crippen molar-refractivity contribution < 1.29 is 4.74 Å². The predicted octanol–water partition coefficient (Wildman–Crippen LogP) is 4.09. The molecule has 0 bridgehead atoms. The highest BCUT2D eigenvalue weighted by atomic mass is 16.5. The van der Waals surface area contributed by atoms with E-state index in [-0.39, 0.29) is 0 Å². The number of nitrogens with zero attached hydrogens (tertiary/aromatic N) is 2. The number of nitrogens with two attached hydrogens (primary N) is 1. The van der Waals surface area contributed by atoms with Gasteiger partial charge in [-0.15, -0.1) is 0 Å². The first kappa shape index (κ1) is 14.6. The minimum Gasteiger partial charge on any atom is -0.463 e. The summed E-state index contributed by atoms with van der Waals surface area (Å²) in [5.41, 5.74) is 11.4. The predicted molar refractivity (Wildman–Crippen MR) is 97.6 cm³/mol. The monoisotopic (exact) mass is 317 g/mol. The minimum absolute atomic E-state index is 0.556. The van der Waals surface area contributed by atoms with Gasteiger partial charge in [-0.25, -0.2) is 4.98 Å². The Hall–Kier alpha value is -3.01. The highest BCUT2D eigenvalue weighted by Crippen LogP contribution is 2.31. The van der Waals surface area contributed by atoms with Gasteiger partial charge in [-0.2, -0.15) is 0 Å². The largest absolute Gasteiger partial charge is 0.463 e. The van der Waals surface area contributed by atoms with Gasteiger partial charge in [0, 0.05) is 30.7 Å². The van der Waals surface area contributed by atoms with E-state index in [1.54, 1.807) is 6.26 Å². The fourth-order valence-corrected chi connectivity index (χ4v) is 3.13. The molecule has 0 unspecified atom stereocenters. The van der Waals surface area contributed by atoms with Crippen LogP contribution < -0.4 is 10.5 Å². The second kappa shape index (κ2) is 5.57. The second-order valence-electron chi connectivity index (χ2n) is 6.24.